The van der Waals surface area contributed by atoms with E-state index >= 15 is 0 Å². The second-order valence-electron chi connectivity index (χ2n) is 11.7. The third-order valence-electron chi connectivity index (χ3n) is 8.51. The van der Waals surface area contributed by atoms with Gasteiger partial charge in [-0.3, -0.25) is 19.1 Å². The van der Waals surface area contributed by atoms with Gasteiger partial charge in [0.1, 0.15) is 17.1 Å². The number of aromatic nitrogens is 4. The molecule has 0 bridgehead atoms. The summed E-state index contributed by atoms with van der Waals surface area (Å²) in [5.74, 6) is 0.592. The first-order chi connectivity index (χ1) is 23.0. The van der Waals surface area contributed by atoms with Gasteiger partial charge in [-0.05, 0) is 79.5 Å². The Morgan fingerprint density at radius 3 is 2.57 bits per heavy atom. The van der Waals surface area contributed by atoms with Crippen molar-refractivity contribution < 1.29 is 14.7 Å². The number of piperidine rings is 1. The lowest BCUT2D eigenvalue weighted by Crippen LogP contribution is -2.47. The van der Waals surface area contributed by atoms with Crippen LogP contribution in [-0.2, 0) is 6.54 Å². The predicted octanol–water partition coefficient (Wildman–Crippen LogP) is 5.64. The number of amides is 1. The van der Waals surface area contributed by atoms with Gasteiger partial charge in [0.25, 0.3) is 5.91 Å². The molecule has 4 N–H and O–H groups in total. The molecule has 3 aromatic carbocycles. The number of nitrogens with two attached hydrogens (primary N) is 1. The summed E-state index contributed by atoms with van der Waals surface area (Å²) in [4.78, 5) is 40.5. The number of imidazole rings is 1. The zero-order chi connectivity index (χ0) is 32.3. The summed E-state index contributed by atoms with van der Waals surface area (Å²) in [6.07, 6.45) is 4.05. The van der Waals surface area contributed by atoms with Crippen LogP contribution in [0.5, 0.6) is 5.75 Å². The van der Waals surface area contributed by atoms with Crippen LogP contribution in [0.15, 0.2) is 103 Å². The summed E-state index contributed by atoms with van der Waals surface area (Å²) in [6.45, 7) is 2.35. The molecule has 1 aliphatic rings. The molecule has 7 rings (SSSR count). The highest BCUT2D eigenvalue weighted by Gasteiger charge is 2.23. The maximum atomic E-state index is 12.9. The average Bonchev–Trinajstić information content (AvgIpc) is 3.48. The van der Waals surface area contributed by atoms with Gasteiger partial charge in [-0.25, -0.2) is 15.0 Å². The Kier molecular flexibility index (Phi) is 8.16. The summed E-state index contributed by atoms with van der Waals surface area (Å²) < 4.78 is 2.03. The van der Waals surface area contributed by atoms with Crippen LogP contribution < -0.4 is 11.1 Å². The average molecular weight is 624 g/mol. The lowest BCUT2D eigenvalue weighted by atomic mass is 10.0. The zero-order valence-corrected chi connectivity index (χ0v) is 25.6. The molecule has 10 heteroatoms. The summed E-state index contributed by atoms with van der Waals surface area (Å²) in [7, 11) is 0. The predicted molar refractivity (Wildman–Crippen MR) is 181 cm³/mol. The summed E-state index contributed by atoms with van der Waals surface area (Å²) in [6, 6.07) is 30.5. The first kappa shape index (κ1) is 29.8. The van der Waals surface area contributed by atoms with E-state index < -0.39 is 0 Å². The van der Waals surface area contributed by atoms with E-state index in [1.807, 2.05) is 59.2 Å². The second-order valence-corrected chi connectivity index (χ2v) is 11.7. The van der Waals surface area contributed by atoms with Crippen molar-refractivity contribution in [2.45, 2.75) is 25.4 Å². The van der Waals surface area contributed by atoms with Crippen molar-refractivity contribution in [3.8, 4) is 34.1 Å². The van der Waals surface area contributed by atoms with Gasteiger partial charge in [0.05, 0.1) is 16.8 Å². The molecule has 47 heavy (non-hydrogen) atoms. The Morgan fingerprint density at radius 1 is 0.979 bits per heavy atom. The molecule has 3 aromatic heterocycles. The third-order valence-corrected chi connectivity index (χ3v) is 8.51. The maximum Gasteiger partial charge on any atom is 0.251 e. The Labute approximate surface area is 271 Å². The van der Waals surface area contributed by atoms with Gasteiger partial charge in [-0.2, -0.15) is 0 Å². The Bertz CT molecular complexity index is 2080. The number of nitrogens with one attached hydrogen (secondary N) is 1. The van der Waals surface area contributed by atoms with Crippen molar-refractivity contribution in [3.05, 3.63) is 120 Å². The first-order valence-electron chi connectivity index (χ1n) is 15.5. The number of hydrogen-bond donors (Lipinski definition) is 3. The highest BCUT2D eigenvalue weighted by atomic mass is 16.3. The highest BCUT2D eigenvalue weighted by molar-refractivity contribution is 5.96. The molecule has 0 aliphatic carbocycles. The van der Waals surface area contributed by atoms with Crippen LogP contribution in [0.25, 0.3) is 39.5 Å². The van der Waals surface area contributed by atoms with Gasteiger partial charge in [0.15, 0.2) is 17.8 Å². The number of nitrogen functional groups attached to an aromatic ring is 1. The van der Waals surface area contributed by atoms with Crippen molar-refractivity contribution in [1.82, 2.24) is 29.7 Å². The SMILES string of the molecule is Nc1ncccc1-c1nc2ccc(-c3ccccc3)nc2n1-c1ccc(CN2CCC[C@@H](NC(=O)c3ccc(C=O)c(O)c3)C2)cc1. The van der Waals surface area contributed by atoms with E-state index in [9.17, 15) is 14.7 Å². The van der Waals surface area contributed by atoms with Gasteiger partial charge in [0.2, 0.25) is 0 Å². The summed E-state index contributed by atoms with van der Waals surface area (Å²) in [5, 5.41) is 13.1. The highest BCUT2D eigenvalue weighted by Crippen LogP contribution is 2.32. The Balaban J connectivity index is 1.13. The molecule has 234 valence electrons. The molecule has 1 saturated heterocycles. The molecule has 1 fully saturated rings. The van der Waals surface area contributed by atoms with Gasteiger partial charge >= 0.3 is 0 Å². The number of carbonyl (C=O) groups is 2. The van der Waals surface area contributed by atoms with Crippen LogP contribution in [0, 0.1) is 0 Å². The van der Waals surface area contributed by atoms with Crippen molar-refractivity contribution >= 4 is 29.2 Å². The van der Waals surface area contributed by atoms with Gasteiger partial charge in [0, 0.05) is 42.1 Å². The molecule has 1 amide bonds. The molecule has 10 nitrogen and oxygen atoms in total. The quantitative estimate of drug-likeness (QED) is 0.185. The fourth-order valence-electron chi connectivity index (χ4n) is 6.14. The fraction of sp³-hybridized carbons (Fsp3) is 0.162. The number of anilines is 1. The molecule has 6 aromatic rings. The number of aldehydes is 1. The Hall–Kier alpha value is -5.87. The molecule has 0 radical (unpaired) electrons. The molecule has 0 saturated carbocycles. The number of nitrogens with zero attached hydrogens (tertiary/aromatic N) is 5. The molecule has 4 heterocycles. The largest absolute Gasteiger partial charge is 0.507 e. The van der Waals surface area contributed by atoms with Crippen LogP contribution in [-0.4, -0.2) is 60.9 Å². The second kappa shape index (κ2) is 12.9. The van der Waals surface area contributed by atoms with E-state index in [2.05, 4.69) is 39.5 Å². The first-order valence-corrected chi connectivity index (χ1v) is 15.5. The number of carbonyl (C=O) groups excluding carboxylic acids is 2. The van der Waals surface area contributed by atoms with Crippen LogP contribution >= 0.6 is 0 Å². The minimum atomic E-state index is -0.268. The molecule has 1 aliphatic heterocycles. The third kappa shape index (κ3) is 6.18. The molecule has 1 atom stereocenters. The van der Waals surface area contributed by atoms with Gasteiger partial charge in [-0.15, -0.1) is 0 Å². The number of aromatic hydroxyl groups is 1. The summed E-state index contributed by atoms with van der Waals surface area (Å²) in [5.41, 5.74) is 12.9. The zero-order valence-electron chi connectivity index (χ0n) is 25.6. The molecule has 0 spiro atoms. The Morgan fingerprint density at radius 2 is 1.81 bits per heavy atom. The van der Waals surface area contributed by atoms with E-state index in [-0.39, 0.29) is 23.3 Å². The number of likely N-dealkylation sites (tertiary alicyclic amines) is 1. The lowest BCUT2D eigenvalue weighted by molar-refractivity contribution is 0.0899. The van der Waals surface area contributed by atoms with E-state index in [4.69, 9.17) is 15.7 Å². The van der Waals surface area contributed by atoms with Crippen LogP contribution in [0.1, 0.15) is 39.1 Å². The van der Waals surface area contributed by atoms with Gasteiger partial charge < -0.3 is 16.2 Å². The molecular weight excluding hydrogens is 590 g/mol. The number of hydrogen-bond acceptors (Lipinski definition) is 8. The van der Waals surface area contributed by atoms with Crippen LogP contribution in [0.4, 0.5) is 5.82 Å². The molecule has 0 unspecified atom stereocenters. The van der Waals surface area contributed by atoms with E-state index in [0.29, 0.717) is 30.0 Å². The van der Waals surface area contributed by atoms with E-state index in [0.717, 1.165) is 65.2 Å². The van der Waals surface area contributed by atoms with Crippen molar-refractivity contribution in [2.75, 3.05) is 18.8 Å². The number of rotatable bonds is 8. The van der Waals surface area contributed by atoms with Gasteiger partial charge in [-0.1, -0.05) is 42.5 Å². The maximum absolute atomic E-state index is 12.9. The minimum Gasteiger partial charge on any atom is -0.507 e. The summed E-state index contributed by atoms with van der Waals surface area (Å²) >= 11 is 0. The number of phenolic OH excluding ortho intramolecular Hbond substituents is 1. The fourth-order valence-corrected chi connectivity index (χ4v) is 6.14. The normalized spacial score (nSPS) is 15.0. The van der Waals surface area contributed by atoms with E-state index in [1.54, 1.807) is 12.3 Å². The van der Waals surface area contributed by atoms with Crippen LogP contribution in [0.2, 0.25) is 0 Å². The number of pyridine rings is 2. The minimum absolute atomic E-state index is 0.0295. The van der Waals surface area contributed by atoms with Crippen molar-refractivity contribution in [2.24, 2.45) is 0 Å². The van der Waals surface area contributed by atoms with Crippen molar-refractivity contribution in [3.63, 3.8) is 0 Å². The lowest BCUT2D eigenvalue weighted by Gasteiger charge is -2.33. The number of phenols is 1. The van der Waals surface area contributed by atoms with Crippen molar-refractivity contribution in [1.29, 1.82) is 0 Å². The smallest absolute Gasteiger partial charge is 0.251 e. The standard InChI is InChI=1S/C37H33N7O3/c38-34-30(9-4-18-39-34)35-42-32-17-16-31(25-6-2-1-3-7-25)41-36(32)44(35)29-14-10-24(11-15-29)21-43-19-5-8-28(22-43)40-37(47)26-12-13-27(23-45)33(46)20-26/h1-4,6-7,9-18,20,23,28,46H,5,8,19,21-22H2,(H2,38,39)(H,40,47)/t28-/m1/s1. The van der Waals surface area contributed by atoms with Crippen LogP contribution in [0.3, 0.4) is 0 Å². The topological polar surface area (TPSA) is 139 Å². The van der Waals surface area contributed by atoms with E-state index in [1.165, 1.54) is 12.1 Å². The monoisotopic (exact) mass is 623 g/mol. The molecular formula is C37H33N7O3. The number of fused-ring (bicyclic) bond motifs is 1. The number of benzene rings is 3.